The zero-order valence-electron chi connectivity index (χ0n) is 13.6. The van der Waals surface area contributed by atoms with Crippen molar-refractivity contribution in [2.45, 2.75) is 71.8 Å². The molecule has 120 valence electrons. The molecule has 20 heavy (non-hydrogen) atoms. The molecule has 2 unspecified atom stereocenters. The SMILES string of the molecule is CCC(CC)(CC)NC(=O)CC(C)C1CCCNC1.Cl. The van der Waals surface area contributed by atoms with E-state index in [1.54, 1.807) is 0 Å². The van der Waals surface area contributed by atoms with Gasteiger partial charge in [-0.05, 0) is 57.0 Å². The minimum atomic E-state index is 0. The van der Waals surface area contributed by atoms with E-state index >= 15 is 0 Å². The molecule has 0 aromatic rings. The van der Waals surface area contributed by atoms with Gasteiger partial charge in [0.05, 0.1) is 0 Å². The van der Waals surface area contributed by atoms with Gasteiger partial charge in [0, 0.05) is 12.0 Å². The maximum absolute atomic E-state index is 12.3. The number of rotatable bonds is 7. The molecule has 2 N–H and O–H groups in total. The second-order valence-electron chi connectivity index (χ2n) is 6.18. The quantitative estimate of drug-likeness (QED) is 0.755. The Bertz CT molecular complexity index is 265. The molecule has 1 rings (SSSR count). The van der Waals surface area contributed by atoms with E-state index in [1.807, 2.05) is 0 Å². The average Bonchev–Trinajstić information content (AvgIpc) is 2.46. The number of carbonyl (C=O) groups is 1. The van der Waals surface area contributed by atoms with E-state index in [1.165, 1.54) is 12.8 Å². The van der Waals surface area contributed by atoms with Gasteiger partial charge in [0.25, 0.3) is 0 Å². The van der Waals surface area contributed by atoms with Gasteiger partial charge in [0.1, 0.15) is 0 Å². The van der Waals surface area contributed by atoms with E-state index < -0.39 is 0 Å². The van der Waals surface area contributed by atoms with Crippen LogP contribution in [0.25, 0.3) is 0 Å². The molecule has 1 aliphatic heterocycles. The van der Waals surface area contributed by atoms with Gasteiger partial charge in [0.15, 0.2) is 0 Å². The van der Waals surface area contributed by atoms with Crippen LogP contribution in [0.4, 0.5) is 0 Å². The topological polar surface area (TPSA) is 41.1 Å². The molecule has 1 fully saturated rings. The Labute approximate surface area is 131 Å². The first-order chi connectivity index (χ1) is 9.06. The van der Waals surface area contributed by atoms with Crippen molar-refractivity contribution < 1.29 is 4.79 Å². The lowest BCUT2D eigenvalue weighted by atomic mass is 9.84. The van der Waals surface area contributed by atoms with E-state index in [4.69, 9.17) is 0 Å². The molecule has 1 heterocycles. The third-order valence-electron chi connectivity index (χ3n) is 5.08. The zero-order valence-corrected chi connectivity index (χ0v) is 14.4. The first kappa shape index (κ1) is 19.7. The molecule has 0 bridgehead atoms. The molecule has 0 saturated carbocycles. The lowest BCUT2D eigenvalue weighted by Crippen LogP contribution is -2.48. The van der Waals surface area contributed by atoms with Crippen LogP contribution >= 0.6 is 12.4 Å². The Balaban J connectivity index is 0.00000361. The Morgan fingerprint density at radius 3 is 2.35 bits per heavy atom. The first-order valence-electron chi connectivity index (χ1n) is 8.08. The maximum atomic E-state index is 12.3. The van der Waals surface area contributed by atoms with Gasteiger partial charge >= 0.3 is 0 Å². The molecule has 0 spiro atoms. The van der Waals surface area contributed by atoms with Crippen molar-refractivity contribution in [3.63, 3.8) is 0 Å². The number of piperidine rings is 1. The minimum Gasteiger partial charge on any atom is -0.351 e. The van der Waals surface area contributed by atoms with Crippen molar-refractivity contribution in [1.29, 1.82) is 0 Å². The van der Waals surface area contributed by atoms with Crippen LogP contribution in [0.2, 0.25) is 0 Å². The van der Waals surface area contributed by atoms with E-state index in [2.05, 4.69) is 38.3 Å². The van der Waals surface area contributed by atoms with Crippen molar-refractivity contribution in [2.75, 3.05) is 13.1 Å². The second-order valence-corrected chi connectivity index (χ2v) is 6.18. The molecule has 3 nitrogen and oxygen atoms in total. The fourth-order valence-electron chi connectivity index (χ4n) is 3.19. The highest BCUT2D eigenvalue weighted by Crippen LogP contribution is 2.24. The predicted molar refractivity (Wildman–Crippen MR) is 88.4 cm³/mol. The van der Waals surface area contributed by atoms with Gasteiger partial charge in [-0.3, -0.25) is 4.79 Å². The maximum Gasteiger partial charge on any atom is 0.220 e. The lowest BCUT2D eigenvalue weighted by molar-refractivity contribution is -0.124. The summed E-state index contributed by atoms with van der Waals surface area (Å²) in [6.45, 7) is 10.9. The zero-order chi connectivity index (χ0) is 14.3. The molecular formula is C16H33ClN2O. The third kappa shape index (κ3) is 5.61. The minimum absolute atomic E-state index is 0. The summed E-state index contributed by atoms with van der Waals surface area (Å²) in [6.07, 6.45) is 6.25. The molecule has 1 saturated heterocycles. The van der Waals surface area contributed by atoms with Gasteiger partial charge < -0.3 is 10.6 Å². The molecule has 0 radical (unpaired) electrons. The standard InChI is InChI=1S/C16H32N2O.ClH/c1-5-16(6-2,7-3)18-15(19)11-13(4)14-9-8-10-17-12-14;/h13-14,17H,5-12H2,1-4H3,(H,18,19);1H. The van der Waals surface area contributed by atoms with Crippen LogP contribution in [0.5, 0.6) is 0 Å². The number of hydrogen-bond acceptors (Lipinski definition) is 2. The summed E-state index contributed by atoms with van der Waals surface area (Å²) in [4.78, 5) is 12.3. The predicted octanol–water partition coefficient (Wildman–Crippen LogP) is 3.52. The van der Waals surface area contributed by atoms with Crippen LogP contribution in [0.3, 0.4) is 0 Å². The molecule has 1 amide bonds. The number of halogens is 1. The Morgan fingerprint density at radius 2 is 1.90 bits per heavy atom. The van der Waals surface area contributed by atoms with Gasteiger partial charge in [-0.1, -0.05) is 27.7 Å². The van der Waals surface area contributed by atoms with Crippen molar-refractivity contribution in [3.8, 4) is 0 Å². The summed E-state index contributed by atoms with van der Waals surface area (Å²) in [5, 5.41) is 6.73. The third-order valence-corrected chi connectivity index (χ3v) is 5.08. The van der Waals surface area contributed by atoms with Gasteiger partial charge in [0.2, 0.25) is 5.91 Å². The van der Waals surface area contributed by atoms with Crippen LogP contribution in [0.15, 0.2) is 0 Å². The van der Waals surface area contributed by atoms with Crippen molar-refractivity contribution in [1.82, 2.24) is 10.6 Å². The first-order valence-corrected chi connectivity index (χ1v) is 8.08. The van der Waals surface area contributed by atoms with E-state index in [9.17, 15) is 4.79 Å². The van der Waals surface area contributed by atoms with Crippen molar-refractivity contribution in [2.24, 2.45) is 11.8 Å². The van der Waals surface area contributed by atoms with Gasteiger partial charge in [-0.2, -0.15) is 0 Å². The van der Waals surface area contributed by atoms with Crippen LogP contribution in [-0.4, -0.2) is 24.5 Å². The number of hydrogen-bond donors (Lipinski definition) is 2. The highest BCUT2D eigenvalue weighted by Gasteiger charge is 2.28. The summed E-state index contributed by atoms with van der Waals surface area (Å²) >= 11 is 0. The summed E-state index contributed by atoms with van der Waals surface area (Å²) in [7, 11) is 0. The van der Waals surface area contributed by atoms with Crippen LogP contribution in [0, 0.1) is 11.8 Å². The lowest BCUT2D eigenvalue weighted by Gasteiger charge is -2.33. The van der Waals surface area contributed by atoms with Crippen molar-refractivity contribution >= 4 is 18.3 Å². The Hall–Kier alpha value is -0.280. The fourth-order valence-corrected chi connectivity index (χ4v) is 3.19. The molecule has 0 aromatic heterocycles. The van der Waals surface area contributed by atoms with E-state index in [0.717, 1.165) is 32.4 Å². The molecular weight excluding hydrogens is 272 g/mol. The highest BCUT2D eigenvalue weighted by molar-refractivity contribution is 5.85. The van der Waals surface area contributed by atoms with E-state index in [0.29, 0.717) is 18.3 Å². The van der Waals surface area contributed by atoms with Crippen molar-refractivity contribution in [3.05, 3.63) is 0 Å². The highest BCUT2D eigenvalue weighted by atomic mass is 35.5. The number of carbonyl (C=O) groups excluding carboxylic acids is 1. The van der Waals surface area contributed by atoms with Gasteiger partial charge in [-0.15, -0.1) is 12.4 Å². The summed E-state index contributed by atoms with van der Waals surface area (Å²) in [6, 6.07) is 0. The normalized spacial score (nSPS) is 20.9. The number of amides is 1. The van der Waals surface area contributed by atoms with Crippen LogP contribution in [-0.2, 0) is 4.79 Å². The summed E-state index contributed by atoms with van der Waals surface area (Å²) in [5.74, 6) is 1.39. The summed E-state index contributed by atoms with van der Waals surface area (Å²) < 4.78 is 0. The molecule has 2 atom stereocenters. The Morgan fingerprint density at radius 1 is 1.30 bits per heavy atom. The fraction of sp³-hybridized carbons (Fsp3) is 0.938. The molecule has 1 aliphatic rings. The Kier molecular flexibility index (Phi) is 9.48. The average molecular weight is 305 g/mol. The smallest absolute Gasteiger partial charge is 0.220 e. The molecule has 0 aliphatic carbocycles. The van der Waals surface area contributed by atoms with E-state index in [-0.39, 0.29) is 23.9 Å². The largest absolute Gasteiger partial charge is 0.351 e. The van der Waals surface area contributed by atoms with Crippen LogP contribution < -0.4 is 10.6 Å². The second kappa shape index (κ2) is 9.62. The van der Waals surface area contributed by atoms with Gasteiger partial charge in [-0.25, -0.2) is 0 Å². The molecule has 0 aromatic carbocycles. The number of nitrogens with one attached hydrogen (secondary N) is 2. The monoisotopic (exact) mass is 304 g/mol. The molecule has 4 heteroatoms. The summed E-state index contributed by atoms with van der Waals surface area (Å²) in [5.41, 5.74) is 0.0155. The van der Waals surface area contributed by atoms with Crippen LogP contribution in [0.1, 0.15) is 66.2 Å².